The molecule has 0 saturated carbocycles. The topological polar surface area (TPSA) is 49.3 Å². The molecule has 0 unspecified atom stereocenters. The quantitative estimate of drug-likeness (QED) is 0.910. The number of nitrogens with one attached hydrogen (secondary N) is 1. The highest BCUT2D eigenvalue weighted by Gasteiger charge is 2.10. The van der Waals surface area contributed by atoms with Crippen LogP contribution >= 0.6 is 11.6 Å². The molecule has 20 heavy (non-hydrogen) atoms. The number of phenols is 1. The van der Waals surface area contributed by atoms with Gasteiger partial charge in [-0.15, -0.1) is 0 Å². The van der Waals surface area contributed by atoms with Crippen LogP contribution in [0, 0.1) is 5.82 Å². The van der Waals surface area contributed by atoms with Crippen molar-refractivity contribution >= 4 is 17.5 Å². The number of phenolic OH excluding ortho intramolecular Hbond substituents is 1. The number of aromatic hydroxyl groups is 1. The van der Waals surface area contributed by atoms with Crippen molar-refractivity contribution in [1.82, 2.24) is 5.32 Å². The fourth-order valence-corrected chi connectivity index (χ4v) is 1.93. The molecule has 2 aromatic rings. The maximum absolute atomic E-state index is 12.7. The van der Waals surface area contributed by atoms with Gasteiger partial charge in [0.1, 0.15) is 11.6 Å². The fraction of sp³-hybridized carbons (Fsp3) is 0.133. The van der Waals surface area contributed by atoms with Gasteiger partial charge in [0.15, 0.2) is 0 Å². The second-order valence-corrected chi connectivity index (χ2v) is 4.73. The third kappa shape index (κ3) is 3.71. The Labute approximate surface area is 121 Å². The highest BCUT2D eigenvalue weighted by molar-refractivity contribution is 6.30. The van der Waals surface area contributed by atoms with Gasteiger partial charge in [-0.1, -0.05) is 23.7 Å². The predicted octanol–water partition coefficient (Wildman–Crippen LogP) is 3.16. The monoisotopic (exact) mass is 293 g/mol. The van der Waals surface area contributed by atoms with Gasteiger partial charge in [0.05, 0.1) is 5.56 Å². The first-order valence-corrected chi connectivity index (χ1v) is 6.45. The number of carbonyl (C=O) groups excluding carboxylic acids is 1. The van der Waals surface area contributed by atoms with Gasteiger partial charge in [0, 0.05) is 11.6 Å². The van der Waals surface area contributed by atoms with Gasteiger partial charge in [0.2, 0.25) is 0 Å². The Balaban J connectivity index is 1.90. The lowest BCUT2D eigenvalue weighted by atomic mass is 10.1. The smallest absolute Gasteiger partial charge is 0.255 e. The number of benzene rings is 2. The van der Waals surface area contributed by atoms with E-state index in [1.807, 2.05) is 0 Å². The van der Waals surface area contributed by atoms with Crippen LogP contribution in [0.15, 0.2) is 42.5 Å². The van der Waals surface area contributed by atoms with Crippen LogP contribution in [0.5, 0.6) is 5.75 Å². The molecule has 104 valence electrons. The Morgan fingerprint density at radius 2 is 1.90 bits per heavy atom. The van der Waals surface area contributed by atoms with Crippen LogP contribution in [-0.4, -0.2) is 17.6 Å². The van der Waals surface area contributed by atoms with Crippen LogP contribution in [-0.2, 0) is 6.42 Å². The summed E-state index contributed by atoms with van der Waals surface area (Å²) in [4.78, 5) is 11.8. The molecule has 0 aliphatic rings. The number of halogens is 2. The zero-order valence-electron chi connectivity index (χ0n) is 10.6. The Kier molecular flexibility index (Phi) is 4.58. The molecule has 2 rings (SSSR count). The lowest BCUT2D eigenvalue weighted by molar-refractivity contribution is 0.0951. The molecule has 0 heterocycles. The minimum Gasteiger partial charge on any atom is -0.507 e. The molecule has 1 amide bonds. The third-order valence-corrected chi connectivity index (χ3v) is 3.05. The summed E-state index contributed by atoms with van der Waals surface area (Å²) in [6.45, 7) is 0.395. The molecule has 3 nitrogen and oxygen atoms in total. The van der Waals surface area contributed by atoms with Crippen molar-refractivity contribution in [2.75, 3.05) is 6.54 Å². The van der Waals surface area contributed by atoms with Crippen LogP contribution < -0.4 is 5.32 Å². The second kappa shape index (κ2) is 6.39. The molecule has 2 aromatic carbocycles. The summed E-state index contributed by atoms with van der Waals surface area (Å²) < 4.78 is 12.7. The summed E-state index contributed by atoms with van der Waals surface area (Å²) in [6.07, 6.45) is 0.584. The molecule has 0 atom stereocenters. The molecule has 0 aromatic heterocycles. The van der Waals surface area contributed by atoms with Crippen LogP contribution in [0.4, 0.5) is 4.39 Å². The highest BCUT2D eigenvalue weighted by Crippen LogP contribution is 2.21. The molecule has 0 aliphatic heterocycles. The Bertz CT molecular complexity index is 614. The molecule has 2 N–H and O–H groups in total. The van der Waals surface area contributed by atoms with Crippen molar-refractivity contribution in [1.29, 1.82) is 0 Å². The SMILES string of the molecule is O=C(NCCc1ccc(F)cc1)c1ccc(Cl)cc1O. The van der Waals surface area contributed by atoms with Gasteiger partial charge >= 0.3 is 0 Å². The van der Waals surface area contributed by atoms with E-state index in [-0.39, 0.29) is 23.0 Å². The normalized spacial score (nSPS) is 10.3. The van der Waals surface area contributed by atoms with Crippen molar-refractivity contribution in [2.24, 2.45) is 0 Å². The number of hydrogen-bond acceptors (Lipinski definition) is 2. The van der Waals surface area contributed by atoms with E-state index in [1.165, 1.54) is 30.3 Å². The van der Waals surface area contributed by atoms with E-state index in [1.54, 1.807) is 12.1 Å². The van der Waals surface area contributed by atoms with Gasteiger partial charge in [-0.25, -0.2) is 4.39 Å². The highest BCUT2D eigenvalue weighted by atomic mass is 35.5. The zero-order valence-corrected chi connectivity index (χ0v) is 11.3. The molecule has 0 aliphatic carbocycles. The maximum Gasteiger partial charge on any atom is 0.255 e. The van der Waals surface area contributed by atoms with E-state index < -0.39 is 0 Å². The first kappa shape index (κ1) is 14.3. The van der Waals surface area contributed by atoms with Crippen LogP contribution in [0.25, 0.3) is 0 Å². The summed E-state index contributed by atoms with van der Waals surface area (Å²) in [5, 5.41) is 12.7. The Morgan fingerprint density at radius 3 is 2.55 bits per heavy atom. The first-order valence-electron chi connectivity index (χ1n) is 6.07. The molecule has 0 radical (unpaired) electrons. The van der Waals surface area contributed by atoms with Crippen molar-refractivity contribution in [2.45, 2.75) is 6.42 Å². The van der Waals surface area contributed by atoms with Crippen molar-refractivity contribution in [3.8, 4) is 5.75 Å². The van der Waals surface area contributed by atoms with Gasteiger partial charge in [0.25, 0.3) is 5.91 Å². The van der Waals surface area contributed by atoms with Crippen molar-refractivity contribution in [3.05, 3.63) is 64.4 Å². The van der Waals surface area contributed by atoms with Gasteiger partial charge in [-0.05, 0) is 42.3 Å². The van der Waals surface area contributed by atoms with E-state index in [0.29, 0.717) is 18.0 Å². The Hall–Kier alpha value is -2.07. The van der Waals surface area contributed by atoms with E-state index >= 15 is 0 Å². The molecular formula is C15H13ClFNO2. The molecule has 0 fully saturated rings. The summed E-state index contributed by atoms with van der Waals surface area (Å²) in [5.41, 5.74) is 1.10. The molecule has 0 spiro atoms. The Morgan fingerprint density at radius 1 is 1.20 bits per heavy atom. The fourth-order valence-electron chi connectivity index (χ4n) is 1.76. The molecule has 0 bridgehead atoms. The number of rotatable bonds is 4. The summed E-state index contributed by atoms with van der Waals surface area (Å²) in [7, 11) is 0. The minimum absolute atomic E-state index is 0.156. The van der Waals surface area contributed by atoms with E-state index in [2.05, 4.69) is 5.32 Å². The number of carbonyl (C=O) groups is 1. The first-order chi connectivity index (χ1) is 9.56. The zero-order chi connectivity index (χ0) is 14.5. The lowest BCUT2D eigenvalue weighted by Gasteiger charge is -2.07. The van der Waals surface area contributed by atoms with Gasteiger partial charge in [-0.2, -0.15) is 0 Å². The van der Waals surface area contributed by atoms with Gasteiger partial charge < -0.3 is 10.4 Å². The molecule has 0 saturated heterocycles. The number of hydrogen-bond donors (Lipinski definition) is 2. The summed E-state index contributed by atoms with van der Waals surface area (Å²) >= 11 is 5.70. The standard InChI is InChI=1S/C15H13ClFNO2/c16-11-3-6-13(14(19)9-11)15(20)18-8-7-10-1-4-12(17)5-2-10/h1-6,9,19H,7-8H2,(H,18,20). The van der Waals surface area contributed by atoms with E-state index in [0.717, 1.165) is 5.56 Å². The predicted molar refractivity (Wildman–Crippen MR) is 75.6 cm³/mol. The molecule has 5 heteroatoms. The average Bonchev–Trinajstić information content (AvgIpc) is 2.41. The molecular weight excluding hydrogens is 281 g/mol. The maximum atomic E-state index is 12.7. The third-order valence-electron chi connectivity index (χ3n) is 2.82. The second-order valence-electron chi connectivity index (χ2n) is 4.29. The lowest BCUT2D eigenvalue weighted by Crippen LogP contribution is -2.25. The average molecular weight is 294 g/mol. The summed E-state index contributed by atoms with van der Waals surface area (Å²) in [5.74, 6) is -0.818. The van der Waals surface area contributed by atoms with Crippen LogP contribution in [0.2, 0.25) is 5.02 Å². The van der Waals surface area contributed by atoms with E-state index in [4.69, 9.17) is 11.6 Å². The number of amides is 1. The van der Waals surface area contributed by atoms with Crippen molar-refractivity contribution in [3.63, 3.8) is 0 Å². The van der Waals surface area contributed by atoms with E-state index in [9.17, 15) is 14.3 Å². The van der Waals surface area contributed by atoms with Crippen LogP contribution in [0.3, 0.4) is 0 Å². The van der Waals surface area contributed by atoms with Crippen molar-refractivity contribution < 1.29 is 14.3 Å². The minimum atomic E-state index is -0.374. The van der Waals surface area contributed by atoms with Crippen LogP contribution in [0.1, 0.15) is 15.9 Å². The summed E-state index contributed by atoms with van der Waals surface area (Å²) in [6, 6.07) is 10.4. The largest absolute Gasteiger partial charge is 0.507 e. The van der Waals surface area contributed by atoms with Gasteiger partial charge in [-0.3, -0.25) is 4.79 Å².